The van der Waals surface area contributed by atoms with Crippen LogP contribution in [0.15, 0.2) is 59.1 Å². The summed E-state index contributed by atoms with van der Waals surface area (Å²) >= 11 is 2.40. The number of nitrogens with zero attached hydrogens (tertiary/aromatic N) is 5. The van der Waals surface area contributed by atoms with Gasteiger partial charge < -0.3 is 5.32 Å². The minimum atomic E-state index is -0.952. The van der Waals surface area contributed by atoms with Gasteiger partial charge in [0.2, 0.25) is 11.1 Å². The van der Waals surface area contributed by atoms with E-state index in [-0.39, 0.29) is 5.91 Å². The van der Waals surface area contributed by atoms with Crippen molar-refractivity contribution in [1.29, 1.82) is 0 Å². The number of tetrazole rings is 1. The third-order valence-electron chi connectivity index (χ3n) is 4.04. The first-order valence-corrected chi connectivity index (χ1v) is 10.5. The standard InChI is InChI=1S/C19H14F2N6OS2/c1-11(30-19-24-25-26-27(19)13-5-3-2-4-6-13)17(28)23-18-22-16(10-29-18)12-7-8-14(20)15(21)9-12/h2-11H,1H3,(H,22,23,28). The van der Waals surface area contributed by atoms with Crippen molar-refractivity contribution in [3.05, 3.63) is 65.5 Å². The van der Waals surface area contributed by atoms with Crippen molar-refractivity contribution >= 4 is 34.1 Å². The van der Waals surface area contributed by atoms with Gasteiger partial charge in [-0.25, -0.2) is 13.8 Å². The van der Waals surface area contributed by atoms with Gasteiger partial charge in [0.1, 0.15) is 0 Å². The molecule has 11 heteroatoms. The number of hydrogen-bond donors (Lipinski definition) is 1. The Balaban J connectivity index is 1.43. The summed E-state index contributed by atoms with van der Waals surface area (Å²) in [6, 6.07) is 12.9. The number of para-hydroxylation sites is 1. The maximum atomic E-state index is 13.4. The Morgan fingerprint density at radius 1 is 1.17 bits per heavy atom. The summed E-state index contributed by atoms with van der Waals surface area (Å²) in [4.78, 5) is 16.9. The van der Waals surface area contributed by atoms with Gasteiger partial charge in [-0.1, -0.05) is 30.0 Å². The van der Waals surface area contributed by atoms with Crippen molar-refractivity contribution in [3.8, 4) is 16.9 Å². The lowest BCUT2D eigenvalue weighted by atomic mass is 10.2. The second kappa shape index (κ2) is 8.67. The first kappa shape index (κ1) is 20.1. The van der Waals surface area contributed by atoms with E-state index in [0.717, 1.165) is 17.8 Å². The first-order valence-electron chi connectivity index (χ1n) is 8.73. The van der Waals surface area contributed by atoms with Crippen LogP contribution in [0.4, 0.5) is 13.9 Å². The lowest BCUT2D eigenvalue weighted by molar-refractivity contribution is -0.115. The number of carbonyl (C=O) groups is 1. The molecule has 2 heterocycles. The molecule has 2 aromatic carbocycles. The molecule has 1 atom stereocenters. The monoisotopic (exact) mass is 444 g/mol. The molecule has 7 nitrogen and oxygen atoms in total. The summed E-state index contributed by atoms with van der Waals surface area (Å²) in [6.45, 7) is 1.73. The van der Waals surface area contributed by atoms with E-state index in [2.05, 4.69) is 25.8 Å². The molecule has 1 unspecified atom stereocenters. The lowest BCUT2D eigenvalue weighted by Gasteiger charge is -2.10. The number of amides is 1. The van der Waals surface area contributed by atoms with Crippen molar-refractivity contribution in [2.75, 3.05) is 5.32 Å². The molecule has 0 aliphatic rings. The molecule has 4 aromatic rings. The number of halogens is 2. The second-order valence-corrected chi connectivity index (χ2v) is 8.29. The van der Waals surface area contributed by atoms with Crippen molar-refractivity contribution in [2.45, 2.75) is 17.3 Å². The SMILES string of the molecule is CC(Sc1nnnn1-c1ccccc1)C(=O)Nc1nc(-c2ccc(F)c(F)c2)cs1. The molecular weight excluding hydrogens is 430 g/mol. The van der Waals surface area contributed by atoms with Gasteiger partial charge in [-0.15, -0.1) is 16.4 Å². The Kier molecular flexibility index (Phi) is 5.81. The molecule has 152 valence electrons. The fourth-order valence-corrected chi connectivity index (χ4v) is 4.05. The molecule has 30 heavy (non-hydrogen) atoms. The highest BCUT2D eigenvalue weighted by Gasteiger charge is 2.20. The van der Waals surface area contributed by atoms with E-state index in [0.29, 0.717) is 21.5 Å². The van der Waals surface area contributed by atoms with Gasteiger partial charge in [0.25, 0.3) is 0 Å². The molecule has 0 bridgehead atoms. The predicted molar refractivity (Wildman–Crippen MR) is 111 cm³/mol. The largest absolute Gasteiger partial charge is 0.301 e. The number of benzene rings is 2. The van der Waals surface area contributed by atoms with E-state index in [1.54, 1.807) is 17.0 Å². The van der Waals surface area contributed by atoms with Crippen molar-refractivity contribution in [3.63, 3.8) is 0 Å². The number of hydrogen-bond acceptors (Lipinski definition) is 7. The number of rotatable bonds is 6. The highest BCUT2D eigenvalue weighted by atomic mass is 32.2. The average molecular weight is 444 g/mol. The van der Waals surface area contributed by atoms with E-state index in [4.69, 9.17) is 0 Å². The zero-order chi connectivity index (χ0) is 21.1. The number of aromatic nitrogens is 5. The van der Waals surface area contributed by atoms with Crippen LogP contribution in [-0.4, -0.2) is 36.3 Å². The van der Waals surface area contributed by atoms with Gasteiger partial charge in [0, 0.05) is 10.9 Å². The summed E-state index contributed by atoms with van der Waals surface area (Å²) in [5.41, 5.74) is 1.66. The van der Waals surface area contributed by atoms with Crippen LogP contribution in [-0.2, 0) is 4.79 Å². The van der Waals surface area contributed by atoms with Gasteiger partial charge in [-0.2, -0.15) is 4.68 Å². The van der Waals surface area contributed by atoms with Crippen LogP contribution in [0.25, 0.3) is 16.9 Å². The van der Waals surface area contributed by atoms with Crippen LogP contribution in [0, 0.1) is 11.6 Å². The third-order valence-corrected chi connectivity index (χ3v) is 5.83. The normalized spacial score (nSPS) is 12.0. The minimum absolute atomic E-state index is 0.284. The van der Waals surface area contributed by atoms with Crippen molar-refractivity contribution < 1.29 is 13.6 Å². The van der Waals surface area contributed by atoms with Gasteiger partial charge in [-0.3, -0.25) is 4.79 Å². The Morgan fingerprint density at radius 3 is 2.73 bits per heavy atom. The van der Waals surface area contributed by atoms with E-state index < -0.39 is 16.9 Å². The van der Waals surface area contributed by atoms with Gasteiger partial charge >= 0.3 is 0 Å². The molecule has 0 aliphatic carbocycles. The highest BCUT2D eigenvalue weighted by Crippen LogP contribution is 2.28. The summed E-state index contributed by atoms with van der Waals surface area (Å²) in [5.74, 6) is -2.16. The van der Waals surface area contributed by atoms with Crippen LogP contribution in [0.1, 0.15) is 6.92 Å². The maximum absolute atomic E-state index is 13.4. The molecule has 1 amide bonds. The molecule has 1 N–H and O–H groups in total. The molecular formula is C19H14F2N6OS2. The minimum Gasteiger partial charge on any atom is -0.301 e. The quantitative estimate of drug-likeness (QED) is 0.449. The summed E-state index contributed by atoms with van der Waals surface area (Å²) in [6.07, 6.45) is 0. The van der Waals surface area contributed by atoms with Crippen LogP contribution < -0.4 is 5.32 Å². The Morgan fingerprint density at radius 2 is 1.97 bits per heavy atom. The molecule has 4 rings (SSSR count). The van der Waals surface area contributed by atoms with Gasteiger partial charge in [0.15, 0.2) is 16.8 Å². The Bertz CT molecular complexity index is 1180. The maximum Gasteiger partial charge on any atom is 0.239 e. The molecule has 0 radical (unpaired) electrons. The van der Waals surface area contributed by atoms with E-state index in [1.807, 2.05) is 30.3 Å². The highest BCUT2D eigenvalue weighted by molar-refractivity contribution is 8.00. The Hall–Kier alpha value is -3.18. The summed E-state index contributed by atoms with van der Waals surface area (Å²) in [7, 11) is 0. The fourth-order valence-electron chi connectivity index (χ4n) is 2.52. The van der Waals surface area contributed by atoms with Crippen LogP contribution >= 0.6 is 23.1 Å². The lowest BCUT2D eigenvalue weighted by Crippen LogP contribution is -2.22. The fraction of sp³-hybridized carbons (Fsp3) is 0.105. The average Bonchev–Trinajstić information content (AvgIpc) is 3.40. The number of thioether (sulfide) groups is 1. The third kappa shape index (κ3) is 4.36. The second-order valence-electron chi connectivity index (χ2n) is 6.12. The smallest absolute Gasteiger partial charge is 0.239 e. The summed E-state index contributed by atoms with van der Waals surface area (Å²) in [5, 5.41) is 16.4. The number of anilines is 1. The number of carbonyl (C=O) groups excluding carboxylic acids is 1. The van der Waals surface area contributed by atoms with Crippen molar-refractivity contribution in [2.24, 2.45) is 0 Å². The predicted octanol–water partition coefficient (Wildman–Crippen LogP) is 4.18. The van der Waals surface area contributed by atoms with Crippen LogP contribution in [0.5, 0.6) is 0 Å². The topological polar surface area (TPSA) is 85.6 Å². The molecule has 0 aliphatic heterocycles. The summed E-state index contributed by atoms with van der Waals surface area (Å²) < 4.78 is 28.1. The zero-order valence-corrected chi connectivity index (χ0v) is 17.1. The molecule has 0 saturated carbocycles. The van der Waals surface area contributed by atoms with Crippen LogP contribution in [0.2, 0.25) is 0 Å². The molecule has 0 fully saturated rings. The van der Waals surface area contributed by atoms with Gasteiger partial charge in [-0.05, 0) is 47.7 Å². The van der Waals surface area contributed by atoms with Gasteiger partial charge in [0.05, 0.1) is 16.6 Å². The molecule has 0 spiro atoms. The first-order chi connectivity index (χ1) is 14.5. The van der Waals surface area contributed by atoms with E-state index >= 15 is 0 Å². The van der Waals surface area contributed by atoms with Crippen LogP contribution in [0.3, 0.4) is 0 Å². The van der Waals surface area contributed by atoms with E-state index in [9.17, 15) is 13.6 Å². The molecule has 2 aromatic heterocycles. The molecule has 0 saturated heterocycles. The Labute approximate surface area is 178 Å². The van der Waals surface area contributed by atoms with Crippen molar-refractivity contribution in [1.82, 2.24) is 25.2 Å². The zero-order valence-electron chi connectivity index (χ0n) is 15.5. The number of thiazole rings is 1. The van der Waals surface area contributed by atoms with E-state index in [1.165, 1.54) is 29.2 Å². The number of nitrogens with one attached hydrogen (secondary N) is 1.